The molecule has 3 heteroatoms. The Morgan fingerprint density at radius 3 is 2.18 bits per heavy atom. The van der Waals surface area contributed by atoms with Crippen molar-refractivity contribution in [3.05, 3.63) is 50.8 Å². The lowest BCUT2D eigenvalue weighted by molar-refractivity contribution is 0.949. The molecule has 1 heterocycles. The van der Waals surface area contributed by atoms with E-state index in [0.717, 1.165) is 31.5 Å². The summed E-state index contributed by atoms with van der Waals surface area (Å²) in [7, 11) is 0. The maximum Gasteiger partial charge on any atom is 0.250 e. The van der Waals surface area contributed by atoms with Crippen molar-refractivity contribution in [1.82, 2.24) is 0 Å². The second-order valence-electron chi connectivity index (χ2n) is 4.44. The van der Waals surface area contributed by atoms with Crippen molar-refractivity contribution in [1.29, 1.82) is 0 Å². The molecule has 0 N–H and O–H groups in total. The van der Waals surface area contributed by atoms with Gasteiger partial charge in [-0.2, -0.15) is 0 Å². The normalized spacial score (nSPS) is 15.6. The first-order valence-corrected chi connectivity index (χ1v) is 5.92. The van der Waals surface area contributed by atoms with Gasteiger partial charge in [-0.05, 0) is 18.4 Å². The molecule has 1 aliphatic heterocycles. The summed E-state index contributed by atoms with van der Waals surface area (Å²) in [5.41, 5.74) is 1.46. The van der Waals surface area contributed by atoms with Crippen LogP contribution in [-0.4, -0.2) is 13.1 Å². The summed E-state index contributed by atoms with van der Waals surface area (Å²) >= 11 is 0. The summed E-state index contributed by atoms with van der Waals surface area (Å²) in [6.07, 6.45) is 2.21. The van der Waals surface area contributed by atoms with Crippen LogP contribution in [0.3, 0.4) is 0 Å². The Hall–Kier alpha value is -1.90. The third-order valence-corrected chi connectivity index (χ3v) is 3.37. The summed E-state index contributed by atoms with van der Waals surface area (Å²) in [5, 5.41) is 0. The quantitative estimate of drug-likeness (QED) is 0.730. The summed E-state index contributed by atoms with van der Waals surface area (Å²) in [4.78, 5) is 25.4. The SMILES string of the molecule is O=c1c(-c2ccccc2)c(N2CCCC2)c1=O. The van der Waals surface area contributed by atoms with Gasteiger partial charge in [0, 0.05) is 13.1 Å². The molecule has 0 amide bonds. The van der Waals surface area contributed by atoms with Crippen molar-refractivity contribution in [2.24, 2.45) is 0 Å². The molecule has 3 nitrogen and oxygen atoms in total. The van der Waals surface area contributed by atoms with Crippen molar-refractivity contribution < 1.29 is 0 Å². The Labute approximate surface area is 99.0 Å². The molecule has 0 atom stereocenters. The average molecular weight is 227 g/mol. The van der Waals surface area contributed by atoms with Crippen LogP contribution in [0.25, 0.3) is 11.1 Å². The van der Waals surface area contributed by atoms with Gasteiger partial charge in [-0.15, -0.1) is 0 Å². The van der Waals surface area contributed by atoms with Crippen LogP contribution in [0, 0.1) is 0 Å². The minimum atomic E-state index is -0.335. The second kappa shape index (κ2) is 3.84. The van der Waals surface area contributed by atoms with E-state index in [1.807, 2.05) is 35.2 Å². The van der Waals surface area contributed by atoms with Gasteiger partial charge >= 0.3 is 0 Å². The van der Waals surface area contributed by atoms with E-state index in [1.165, 1.54) is 0 Å². The van der Waals surface area contributed by atoms with E-state index < -0.39 is 0 Å². The van der Waals surface area contributed by atoms with Crippen LogP contribution in [0.4, 0.5) is 5.69 Å². The fourth-order valence-corrected chi connectivity index (χ4v) is 2.49. The van der Waals surface area contributed by atoms with E-state index in [9.17, 15) is 9.59 Å². The summed E-state index contributed by atoms with van der Waals surface area (Å²) < 4.78 is 0. The number of hydrogen-bond donors (Lipinski definition) is 0. The van der Waals surface area contributed by atoms with E-state index in [0.29, 0.717) is 11.3 Å². The second-order valence-corrected chi connectivity index (χ2v) is 4.44. The highest BCUT2D eigenvalue weighted by Crippen LogP contribution is 2.28. The molecule has 0 aromatic heterocycles. The topological polar surface area (TPSA) is 37.4 Å². The number of hydrogen-bond acceptors (Lipinski definition) is 3. The zero-order chi connectivity index (χ0) is 11.8. The highest BCUT2D eigenvalue weighted by molar-refractivity contribution is 5.82. The van der Waals surface area contributed by atoms with Crippen LogP contribution < -0.4 is 15.8 Å². The van der Waals surface area contributed by atoms with E-state index in [-0.39, 0.29) is 10.9 Å². The molecule has 1 aliphatic rings. The van der Waals surface area contributed by atoms with E-state index in [1.54, 1.807) is 0 Å². The molecular formula is C14H13NO2. The molecule has 0 bridgehead atoms. The molecular weight excluding hydrogens is 214 g/mol. The zero-order valence-electron chi connectivity index (χ0n) is 9.48. The monoisotopic (exact) mass is 227 g/mol. The summed E-state index contributed by atoms with van der Waals surface area (Å²) in [6.45, 7) is 1.79. The van der Waals surface area contributed by atoms with E-state index in [2.05, 4.69) is 0 Å². The highest BCUT2D eigenvalue weighted by Gasteiger charge is 2.28. The number of rotatable bonds is 2. The van der Waals surface area contributed by atoms with Crippen LogP contribution in [0.15, 0.2) is 39.9 Å². The molecule has 0 saturated carbocycles. The third-order valence-electron chi connectivity index (χ3n) is 3.37. The molecule has 86 valence electrons. The minimum absolute atomic E-state index is 0.314. The van der Waals surface area contributed by atoms with Gasteiger partial charge in [-0.25, -0.2) is 0 Å². The Bertz CT molecular complexity index is 603. The fraction of sp³-hybridized carbons (Fsp3) is 0.286. The van der Waals surface area contributed by atoms with E-state index >= 15 is 0 Å². The summed E-state index contributed by atoms with van der Waals surface area (Å²) in [5.74, 6) is 0. The first kappa shape index (κ1) is 10.3. The molecule has 0 spiro atoms. The first-order chi connectivity index (χ1) is 8.29. The maximum atomic E-state index is 11.7. The van der Waals surface area contributed by atoms with Crippen LogP contribution in [-0.2, 0) is 0 Å². The average Bonchev–Trinajstić information content (AvgIpc) is 2.88. The van der Waals surface area contributed by atoms with Crippen LogP contribution in [0.5, 0.6) is 0 Å². The highest BCUT2D eigenvalue weighted by atomic mass is 16.2. The van der Waals surface area contributed by atoms with Gasteiger partial charge in [0.25, 0.3) is 0 Å². The van der Waals surface area contributed by atoms with Crippen LogP contribution in [0.2, 0.25) is 0 Å². The van der Waals surface area contributed by atoms with Gasteiger partial charge in [-0.3, -0.25) is 9.59 Å². The first-order valence-electron chi connectivity index (χ1n) is 5.92. The van der Waals surface area contributed by atoms with Crippen molar-refractivity contribution >= 4 is 5.69 Å². The molecule has 0 aliphatic carbocycles. The molecule has 0 radical (unpaired) electrons. The van der Waals surface area contributed by atoms with Gasteiger partial charge in [0.15, 0.2) is 0 Å². The standard InChI is InChI=1S/C14H13NO2/c16-13-11(10-6-2-1-3-7-10)12(14(13)17)15-8-4-5-9-15/h1-3,6-7H,4-5,8-9H2. The Kier molecular flexibility index (Phi) is 2.32. The maximum absolute atomic E-state index is 11.7. The van der Waals surface area contributed by atoms with Crippen LogP contribution in [0.1, 0.15) is 12.8 Å². The van der Waals surface area contributed by atoms with Gasteiger partial charge < -0.3 is 4.90 Å². The van der Waals surface area contributed by atoms with Gasteiger partial charge in [0.05, 0.1) is 5.56 Å². The Morgan fingerprint density at radius 1 is 0.882 bits per heavy atom. The smallest absolute Gasteiger partial charge is 0.250 e. The van der Waals surface area contributed by atoms with Crippen LogP contribution >= 0.6 is 0 Å². The van der Waals surface area contributed by atoms with Gasteiger partial charge in [0.1, 0.15) is 5.69 Å². The van der Waals surface area contributed by atoms with Gasteiger partial charge in [0.2, 0.25) is 10.9 Å². The lowest BCUT2D eigenvalue weighted by Gasteiger charge is -2.22. The third kappa shape index (κ3) is 1.50. The van der Waals surface area contributed by atoms with Crippen molar-refractivity contribution in [2.45, 2.75) is 12.8 Å². The van der Waals surface area contributed by atoms with Crippen molar-refractivity contribution in [2.75, 3.05) is 18.0 Å². The van der Waals surface area contributed by atoms with E-state index in [4.69, 9.17) is 0 Å². The predicted octanol–water partition coefficient (Wildman–Crippen LogP) is 1.55. The number of anilines is 1. The minimum Gasteiger partial charge on any atom is -0.368 e. The molecule has 1 fully saturated rings. The summed E-state index contributed by atoms with van der Waals surface area (Å²) in [6, 6.07) is 9.45. The lowest BCUT2D eigenvalue weighted by Crippen LogP contribution is -2.40. The number of nitrogens with zero attached hydrogens (tertiary/aromatic N) is 1. The number of benzene rings is 1. The van der Waals surface area contributed by atoms with Crippen molar-refractivity contribution in [3.8, 4) is 11.1 Å². The zero-order valence-corrected chi connectivity index (χ0v) is 9.48. The molecule has 2 aromatic rings. The van der Waals surface area contributed by atoms with Gasteiger partial charge in [-0.1, -0.05) is 30.3 Å². The molecule has 2 aromatic carbocycles. The fourth-order valence-electron chi connectivity index (χ4n) is 2.49. The largest absolute Gasteiger partial charge is 0.368 e. The molecule has 1 saturated heterocycles. The molecule has 17 heavy (non-hydrogen) atoms. The van der Waals surface area contributed by atoms with Crippen molar-refractivity contribution in [3.63, 3.8) is 0 Å². The Balaban J connectivity index is 2.09. The molecule has 3 rings (SSSR count). The predicted molar refractivity (Wildman–Crippen MR) is 68.2 cm³/mol. The molecule has 0 unspecified atom stereocenters. The lowest BCUT2D eigenvalue weighted by atomic mass is 9.98. The Morgan fingerprint density at radius 2 is 1.53 bits per heavy atom.